The van der Waals surface area contributed by atoms with Crippen LogP contribution in [0, 0.1) is 0 Å². The molecule has 7 nitrogen and oxygen atoms in total. The number of anilines is 1. The first-order chi connectivity index (χ1) is 17.4. The van der Waals surface area contributed by atoms with Crippen molar-refractivity contribution in [2.45, 2.75) is 25.3 Å². The highest BCUT2D eigenvalue weighted by molar-refractivity contribution is 9.10. The Kier molecular flexibility index (Phi) is 8.05. The van der Waals surface area contributed by atoms with E-state index in [2.05, 4.69) is 15.9 Å². The van der Waals surface area contributed by atoms with Gasteiger partial charge in [0.15, 0.2) is 11.5 Å². The molecule has 1 aliphatic rings. The second-order valence-corrected chi connectivity index (χ2v) is 9.37. The highest BCUT2D eigenvalue weighted by Gasteiger charge is 2.44. The lowest BCUT2D eigenvalue weighted by molar-refractivity contribution is -0.137. The van der Waals surface area contributed by atoms with Gasteiger partial charge in [-0.1, -0.05) is 52.3 Å². The van der Waals surface area contributed by atoms with Gasteiger partial charge in [-0.2, -0.15) is 0 Å². The summed E-state index contributed by atoms with van der Waals surface area (Å²) < 4.78 is 11.6. The van der Waals surface area contributed by atoms with Crippen molar-refractivity contribution in [1.29, 1.82) is 0 Å². The van der Waals surface area contributed by atoms with E-state index in [-0.39, 0.29) is 31.2 Å². The van der Waals surface area contributed by atoms with E-state index in [1.165, 1.54) is 4.90 Å². The quantitative estimate of drug-likeness (QED) is 0.369. The Balaban J connectivity index is 1.59. The third-order valence-electron chi connectivity index (χ3n) is 6.19. The van der Waals surface area contributed by atoms with Gasteiger partial charge in [-0.15, -0.1) is 0 Å². The van der Waals surface area contributed by atoms with Gasteiger partial charge in [-0.05, 0) is 53.9 Å². The number of ether oxygens (including phenoxy) is 2. The first kappa shape index (κ1) is 25.4. The minimum atomic E-state index is -0.863. The van der Waals surface area contributed by atoms with Crippen molar-refractivity contribution in [3.8, 4) is 11.5 Å². The summed E-state index contributed by atoms with van der Waals surface area (Å²) in [5, 5.41) is 0. The van der Waals surface area contributed by atoms with Crippen LogP contribution in [0.1, 0.15) is 17.5 Å². The SMILES string of the molecule is COc1ccc(CCN(C(=O)Cc2ccccc2)C2CC(=O)N(c3ccc(Br)cc3)C2=O)cc1OC. The van der Waals surface area contributed by atoms with E-state index in [0.717, 1.165) is 15.6 Å². The Labute approximate surface area is 218 Å². The first-order valence-corrected chi connectivity index (χ1v) is 12.4. The second kappa shape index (κ2) is 11.4. The predicted molar refractivity (Wildman–Crippen MR) is 140 cm³/mol. The summed E-state index contributed by atoms with van der Waals surface area (Å²) in [4.78, 5) is 42.6. The summed E-state index contributed by atoms with van der Waals surface area (Å²) >= 11 is 3.37. The topological polar surface area (TPSA) is 76.2 Å². The molecule has 0 aliphatic carbocycles. The molecule has 3 amide bonds. The van der Waals surface area contributed by atoms with Gasteiger partial charge in [0.1, 0.15) is 6.04 Å². The Bertz CT molecular complexity index is 1250. The summed E-state index contributed by atoms with van der Waals surface area (Å²) in [6.07, 6.45) is 0.571. The second-order valence-electron chi connectivity index (χ2n) is 8.45. The zero-order valence-corrected chi connectivity index (χ0v) is 21.7. The average molecular weight is 551 g/mol. The zero-order chi connectivity index (χ0) is 25.7. The van der Waals surface area contributed by atoms with Crippen molar-refractivity contribution in [2.75, 3.05) is 25.7 Å². The third-order valence-corrected chi connectivity index (χ3v) is 6.72. The number of hydrogen-bond donors (Lipinski definition) is 0. The normalized spacial score (nSPS) is 15.2. The molecular formula is C28H27BrN2O5. The van der Waals surface area contributed by atoms with Crippen LogP contribution in [0.5, 0.6) is 11.5 Å². The fourth-order valence-corrected chi connectivity index (χ4v) is 4.60. The maximum absolute atomic E-state index is 13.5. The molecular weight excluding hydrogens is 524 g/mol. The summed E-state index contributed by atoms with van der Waals surface area (Å²) in [5.41, 5.74) is 2.26. The molecule has 1 unspecified atom stereocenters. The molecule has 0 N–H and O–H groups in total. The van der Waals surface area contributed by atoms with Gasteiger partial charge in [0.25, 0.3) is 5.91 Å². The first-order valence-electron chi connectivity index (χ1n) is 11.6. The number of carbonyl (C=O) groups excluding carboxylic acids is 3. The number of carbonyl (C=O) groups is 3. The molecule has 0 bridgehead atoms. The monoisotopic (exact) mass is 550 g/mol. The maximum Gasteiger partial charge on any atom is 0.257 e. The number of hydrogen-bond acceptors (Lipinski definition) is 5. The lowest BCUT2D eigenvalue weighted by atomic mass is 10.1. The molecule has 1 aliphatic heterocycles. The maximum atomic E-state index is 13.5. The molecule has 1 saturated heterocycles. The highest BCUT2D eigenvalue weighted by atomic mass is 79.9. The number of methoxy groups -OCH3 is 2. The molecule has 1 fully saturated rings. The van der Waals surface area contributed by atoms with Gasteiger partial charge in [0.05, 0.1) is 32.7 Å². The van der Waals surface area contributed by atoms with Crippen molar-refractivity contribution < 1.29 is 23.9 Å². The fourth-order valence-electron chi connectivity index (χ4n) is 4.33. The number of nitrogens with zero attached hydrogens (tertiary/aromatic N) is 2. The molecule has 3 aromatic rings. The predicted octanol–water partition coefficient (Wildman–Crippen LogP) is 4.41. The smallest absolute Gasteiger partial charge is 0.257 e. The fraction of sp³-hybridized carbons (Fsp3) is 0.250. The molecule has 0 radical (unpaired) electrons. The number of rotatable bonds is 9. The van der Waals surface area contributed by atoms with Gasteiger partial charge in [-0.3, -0.25) is 14.4 Å². The van der Waals surface area contributed by atoms with Crippen molar-refractivity contribution in [3.05, 3.63) is 88.4 Å². The van der Waals surface area contributed by atoms with E-state index in [1.54, 1.807) is 43.4 Å². The van der Waals surface area contributed by atoms with Crippen LogP contribution < -0.4 is 14.4 Å². The number of amides is 3. The molecule has 186 valence electrons. The standard InChI is InChI=1S/C28H27BrN2O5/c1-35-24-13-8-20(16-25(24)36-2)14-15-30(26(32)17-19-6-4-3-5-7-19)23-18-27(33)31(28(23)34)22-11-9-21(29)10-12-22/h3-13,16,23H,14-15,17-18H2,1-2H3. The molecule has 8 heteroatoms. The lowest BCUT2D eigenvalue weighted by Gasteiger charge is -2.28. The molecule has 36 heavy (non-hydrogen) atoms. The van der Waals surface area contributed by atoms with E-state index >= 15 is 0 Å². The minimum absolute atomic E-state index is 0.0542. The van der Waals surface area contributed by atoms with E-state index in [9.17, 15) is 14.4 Å². The van der Waals surface area contributed by atoms with Crippen molar-refractivity contribution in [3.63, 3.8) is 0 Å². The van der Waals surface area contributed by atoms with Crippen LogP contribution in [0.4, 0.5) is 5.69 Å². The molecule has 0 aromatic heterocycles. The van der Waals surface area contributed by atoms with Crippen LogP contribution in [-0.2, 0) is 27.2 Å². The van der Waals surface area contributed by atoms with Crippen LogP contribution >= 0.6 is 15.9 Å². The van der Waals surface area contributed by atoms with Gasteiger partial charge >= 0.3 is 0 Å². The highest BCUT2D eigenvalue weighted by Crippen LogP contribution is 2.30. The molecule has 0 saturated carbocycles. The largest absolute Gasteiger partial charge is 0.493 e. The zero-order valence-electron chi connectivity index (χ0n) is 20.1. The van der Waals surface area contributed by atoms with Gasteiger partial charge in [-0.25, -0.2) is 4.90 Å². The van der Waals surface area contributed by atoms with Gasteiger partial charge in [0.2, 0.25) is 11.8 Å². The van der Waals surface area contributed by atoms with Crippen molar-refractivity contribution in [1.82, 2.24) is 4.90 Å². The Morgan fingerprint density at radius 2 is 1.64 bits per heavy atom. The third kappa shape index (κ3) is 5.60. The van der Waals surface area contributed by atoms with E-state index < -0.39 is 11.9 Å². The minimum Gasteiger partial charge on any atom is -0.493 e. The van der Waals surface area contributed by atoms with Crippen molar-refractivity contribution >= 4 is 39.3 Å². The lowest BCUT2D eigenvalue weighted by Crippen LogP contribution is -2.47. The summed E-state index contributed by atoms with van der Waals surface area (Å²) in [6.45, 7) is 0.277. The summed E-state index contributed by atoms with van der Waals surface area (Å²) in [5.74, 6) is 0.281. The van der Waals surface area contributed by atoms with E-state index in [4.69, 9.17) is 9.47 Å². The number of benzene rings is 3. The van der Waals surface area contributed by atoms with E-state index in [1.807, 2.05) is 48.5 Å². The molecule has 4 rings (SSSR count). The number of halogens is 1. The summed E-state index contributed by atoms with van der Waals surface area (Å²) in [6, 6.07) is 21.1. The number of imide groups is 1. The summed E-state index contributed by atoms with van der Waals surface area (Å²) in [7, 11) is 3.14. The van der Waals surface area contributed by atoms with Crippen LogP contribution in [-0.4, -0.2) is 49.4 Å². The molecule has 1 atom stereocenters. The van der Waals surface area contributed by atoms with E-state index in [0.29, 0.717) is 23.6 Å². The van der Waals surface area contributed by atoms with Crippen LogP contribution in [0.3, 0.4) is 0 Å². The average Bonchev–Trinajstić information content (AvgIpc) is 3.18. The van der Waals surface area contributed by atoms with Gasteiger partial charge in [0, 0.05) is 11.0 Å². The Hall–Kier alpha value is -3.65. The Morgan fingerprint density at radius 3 is 2.31 bits per heavy atom. The molecule has 0 spiro atoms. The van der Waals surface area contributed by atoms with Crippen molar-refractivity contribution in [2.24, 2.45) is 0 Å². The van der Waals surface area contributed by atoms with Crippen LogP contribution in [0.2, 0.25) is 0 Å². The Morgan fingerprint density at radius 1 is 0.944 bits per heavy atom. The molecule has 3 aromatic carbocycles. The van der Waals surface area contributed by atoms with Crippen LogP contribution in [0.15, 0.2) is 77.3 Å². The van der Waals surface area contributed by atoms with Crippen LogP contribution in [0.25, 0.3) is 0 Å². The molecule has 1 heterocycles. The van der Waals surface area contributed by atoms with Gasteiger partial charge < -0.3 is 14.4 Å².